The topological polar surface area (TPSA) is 105 Å². The Kier molecular flexibility index (Phi) is 2.70. The van der Waals surface area contributed by atoms with E-state index in [0.717, 1.165) is 15.6 Å². The summed E-state index contributed by atoms with van der Waals surface area (Å²) in [7, 11) is -3.66. The Morgan fingerprint density at radius 1 is 1.56 bits per heavy atom. The molecule has 2 heterocycles. The van der Waals surface area contributed by atoms with Gasteiger partial charge in [0.15, 0.2) is 10.4 Å². The molecule has 0 unspecified atom stereocenters. The smallest absolute Gasteiger partial charge is 0.355 e. The lowest BCUT2D eigenvalue weighted by molar-refractivity contribution is -0.132. The molecule has 98 valence electrons. The highest BCUT2D eigenvalue weighted by molar-refractivity contribution is 7.94. The number of hydrogen-bond acceptors (Lipinski definition) is 6. The highest BCUT2D eigenvalue weighted by Gasteiger charge is 2.60. The maximum atomic E-state index is 11.8. The first-order valence-corrected chi connectivity index (χ1v) is 7.24. The molecule has 1 N–H and O–H groups in total. The number of carboxylic acids is 1. The van der Waals surface area contributed by atoms with E-state index >= 15 is 0 Å². The number of sulfonamides is 1. The second-order valence-corrected chi connectivity index (χ2v) is 7.61. The molecule has 0 bridgehead atoms. The lowest BCUT2D eigenvalue weighted by Crippen LogP contribution is -2.66. The average Bonchev–Trinajstić information content (AvgIpc) is 2.73. The summed E-state index contributed by atoms with van der Waals surface area (Å²) in [4.78, 5) is 26.0. The molecule has 1 aliphatic rings. The number of carbonyl (C=O) groups excluding carboxylic acids is 1. The third kappa shape index (κ3) is 1.62. The van der Waals surface area contributed by atoms with Crippen LogP contribution >= 0.6 is 11.3 Å². The van der Waals surface area contributed by atoms with Gasteiger partial charge in [0.25, 0.3) is 15.9 Å². The van der Waals surface area contributed by atoms with Gasteiger partial charge in [-0.2, -0.15) is 0 Å². The summed E-state index contributed by atoms with van der Waals surface area (Å²) >= 11 is 1.01. The van der Waals surface area contributed by atoms with Gasteiger partial charge in [0.1, 0.15) is 5.01 Å². The summed E-state index contributed by atoms with van der Waals surface area (Å²) in [6.07, 6.45) is 0. The lowest BCUT2D eigenvalue weighted by Gasteiger charge is -2.42. The van der Waals surface area contributed by atoms with Gasteiger partial charge in [0, 0.05) is 5.38 Å². The second-order valence-electron chi connectivity index (χ2n) is 4.26. The van der Waals surface area contributed by atoms with Crippen LogP contribution in [-0.2, 0) is 21.4 Å². The maximum absolute atomic E-state index is 11.8. The fraction of sp³-hybridized carbons (Fsp3) is 0.444. The number of aromatic nitrogens is 1. The van der Waals surface area contributed by atoms with Crippen LogP contribution in [0.3, 0.4) is 0 Å². The summed E-state index contributed by atoms with van der Waals surface area (Å²) < 4.78 is 22.9. The van der Waals surface area contributed by atoms with Crippen molar-refractivity contribution in [2.75, 3.05) is 0 Å². The number of carbonyl (C=O) groups is 2. The van der Waals surface area contributed by atoms with E-state index in [1.54, 1.807) is 0 Å². The van der Waals surface area contributed by atoms with E-state index in [1.807, 2.05) is 0 Å². The van der Waals surface area contributed by atoms with Gasteiger partial charge in [-0.1, -0.05) is 0 Å². The van der Waals surface area contributed by atoms with Crippen LogP contribution in [0.2, 0.25) is 0 Å². The van der Waals surface area contributed by atoms with Crippen molar-refractivity contribution in [2.24, 2.45) is 0 Å². The van der Waals surface area contributed by atoms with Crippen LogP contribution < -0.4 is 0 Å². The summed E-state index contributed by atoms with van der Waals surface area (Å²) in [6.45, 7) is 2.47. The van der Waals surface area contributed by atoms with Gasteiger partial charge >= 0.3 is 5.97 Å². The molecule has 0 saturated carbocycles. The van der Waals surface area contributed by atoms with Crippen molar-refractivity contribution in [2.45, 2.75) is 25.1 Å². The molecule has 1 fully saturated rings. The third-order valence-electron chi connectivity index (χ3n) is 2.73. The molecule has 0 spiro atoms. The number of hydrogen-bond donors (Lipinski definition) is 1. The van der Waals surface area contributed by atoms with Gasteiger partial charge in [-0.25, -0.2) is 22.5 Å². The van der Waals surface area contributed by atoms with E-state index in [-0.39, 0.29) is 17.2 Å². The number of rotatable bonds is 3. The monoisotopic (exact) mass is 290 g/mol. The summed E-state index contributed by atoms with van der Waals surface area (Å²) in [5.74, 6) is -1.69. The molecule has 7 nitrogen and oxygen atoms in total. The van der Waals surface area contributed by atoms with Gasteiger partial charge in [-0.3, -0.25) is 4.79 Å². The van der Waals surface area contributed by atoms with Gasteiger partial charge in [-0.15, -0.1) is 11.3 Å². The quantitative estimate of drug-likeness (QED) is 0.858. The van der Waals surface area contributed by atoms with E-state index in [4.69, 9.17) is 5.11 Å². The molecule has 1 aromatic heterocycles. The van der Waals surface area contributed by atoms with Gasteiger partial charge in [0.05, 0.1) is 6.54 Å². The predicted octanol–water partition coefficient (Wildman–Crippen LogP) is 0.292. The van der Waals surface area contributed by atoms with E-state index in [2.05, 4.69) is 4.98 Å². The average molecular weight is 290 g/mol. The standard InChI is InChI=1S/C9H10N2O5S2/c1-9(2)8(14)11(18(9,15)16)3-6-10-5(4-17-6)7(12)13/h4H,3H2,1-2H3,(H,12,13). The Morgan fingerprint density at radius 2 is 2.17 bits per heavy atom. The van der Waals surface area contributed by atoms with Crippen LogP contribution in [0.25, 0.3) is 0 Å². The van der Waals surface area contributed by atoms with Crippen molar-refractivity contribution >= 4 is 33.2 Å². The zero-order valence-corrected chi connectivity index (χ0v) is 11.2. The first-order valence-electron chi connectivity index (χ1n) is 4.92. The Bertz CT molecular complexity index is 631. The van der Waals surface area contributed by atoms with Crippen LogP contribution in [0.15, 0.2) is 5.38 Å². The second kappa shape index (κ2) is 3.75. The Hall–Kier alpha value is -1.48. The fourth-order valence-corrected chi connectivity index (χ4v) is 3.84. The highest BCUT2D eigenvalue weighted by Crippen LogP contribution is 2.36. The molecule has 1 saturated heterocycles. The molecule has 1 aliphatic heterocycles. The van der Waals surface area contributed by atoms with Crippen LogP contribution in [0, 0.1) is 0 Å². The summed E-state index contributed by atoms with van der Waals surface area (Å²) in [5.41, 5.74) is -0.153. The SMILES string of the molecule is CC1(C)C(=O)N(Cc2nc(C(=O)O)cs2)S1(=O)=O. The fourth-order valence-electron chi connectivity index (χ4n) is 1.52. The van der Waals surface area contributed by atoms with E-state index < -0.39 is 26.6 Å². The normalized spacial score (nSPS) is 20.6. The van der Waals surface area contributed by atoms with Crippen molar-refractivity contribution in [1.82, 2.24) is 9.29 Å². The highest BCUT2D eigenvalue weighted by atomic mass is 32.2. The van der Waals surface area contributed by atoms with Crippen LogP contribution in [0.1, 0.15) is 29.3 Å². The predicted molar refractivity (Wildman–Crippen MR) is 62.6 cm³/mol. The minimum absolute atomic E-state index is 0.153. The molecule has 9 heteroatoms. The summed E-state index contributed by atoms with van der Waals surface area (Å²) in [6, 6.07) is 0. The molecule has 18 heavy (non-hydrogen) atoms. The van der Waals surface area contributed by atoms with Gasteiger partial charge < -0.3 is 5.11 Å². The molecule has 0 atom stereocenters. The number of carboxylic acid groups (broad SMARTS) is 1. The molecule has 1 aromatic rings. The Morgan fingerprint density at radius 3 is 2.61 bits per heavy atom. The largest absolute Gasteiger partial charge is 0.476 e. The van der Waals surface area contributed by atoms with E-state index in [0.29, 0.717) is 0 Å². The zero-order valence-electron chi connectivity index (χ0n) is 9.58. The van der Waals surface area contributed by atoms with Crippen LogP contribution in [0.5, 0.6) is 0 Å². The maximum Gasteiger partial charge on any atom is 0.355 e. The van der Waals surface area contributed by atoms with E-state index in [1.165, 1.54) is 19.2 Å². The number of thiazole rings is 1. The minimum Gasteiger partial charge on any atom is -0.476 e. The first-order chi connectivity index (χ1) is 8.18. The minimum atomic E-state index is -3.66. The lowest BCUT2D eigenvalue weighted by atomic mass is 10.2. The van der Waals surface area contributed by atoms with Crippen molar-refractivity contribution < 1.29 is 23.1 Å². The molecule has 1 amide bonds. The van der Waals surface area contributed by atoms with Crippen LogP contribution in [0.4, 0.5) is 0 Å². The Balaban J connectivity index is 2.21. The van der Waals surface area contributed by atoms with Crippen molar-refractivity contribution in [3.8, 4) is 0 Å². The molecular formula is C9H10N2O5S2. The molecule has 2 rings (SSSR count). The zero-order chi connectivity index (χ0) is 13.7. The molecular weight excluding hydrogens is 280 g/mol. The van der Waals surface area contributed by atoms with Crippen molar-refractivity contribution in [3.63, 3.8) is 0 Å². The molecule has 0 aliphatic carbocycles. The number of aromatic carboxylic acids is 1. The van der Waals surface area contributed by atoms with Gasteiger partial charge in [0.2, 0.25) is 0 Å². The van der Waals surface area contributed by atoms with Crippen LogP contribution in [-0.4, -0.2) is 39.4 Å². The van der Waals surface area contributed by atoms with Gasteiger partial charge in [-0.05, 0) is 13.8 Å². The third-order valence-corrected chi connectivity index (χ3v) is 5.90. The first kappa shape index (κ1) is 13.0. The van der Waals surface area contributed by atoms with E-state index in [9.17, 15) is 18.0 Å². The Labute approximate surface area is 107 Å². The molecule has 0 radical (unpaired) electrons. The summed E-state index contributed by atoms with van der Waals surface area (Å²) in [5, 5.41) is 10.3. The number of amides is 1. The number of nitrogens with zero attached hydrogens (tertiary/aromatic N) is 2. The van der Waals surface area contributed by atoms with Crippen molar-refractivity contribution in [3.05, 3.63) is 16.1 Å². The molecule has 0 aromatic carbocycles. The van der Waals surface area contributed by atoms with Crippen molar-refractivity contribution in [1.29, 1.82) is 0 Å².